The van der Waals surface area contributed by atoms with Gasteiger partial charge < -0.3 is 20.5 Å². The van der Waals surface area contributed by atoms with Gasteiger partial charge in [0.15, 0.2) is 0 Å². The van der Waals surface area contributed by atoms with Crippen molar-refractivity contribution >= 4 is 17.8 Å². The number of hydrogen-bond acceptors (Lipinski definition) is 4. The zero-order chi connectivity index (χ0) is 19.6. The Labute approximate surface area is 156 Å². The van der Waals surface area contributed by atoms with Gasteiger partial charge in [0.25, 0.3) is 11.8 Å². The maximum atomic E-state index is 12.3. The first-order chi connectivity index (χ1) is 13.0. The first-order valence-electron chi connectivity index (χ1n) is 8.60. The molecule has 140 valence electrons. The summed E-state index contributed by atoms with van der Waals surface area (Å²) < 4.78 is 5.77. The topological polar surface area (TPSA) is 105 Å². The Hall–Kier alpha value is -3.35. The maximum absolute atomic E-state index is 12.3. The fourth-order valence-corrected chi connectivity index (χ4v) is 3.19. The summed E-state index contributed by atoms with van der Waals surface area (Å²) in [5.41, 5.74) is 2.27. The summed E-state index contributed by atoms with van der Waals surface area (Å²) in [6.07, 6.45) is 0. The molecule has 3 rings (SSSR count). The Morgan fingerprint density at radius 1 is 1.15 bits per heavy atom. The van der Waals surface area contributed by atoms with Gasteiger partial charge in [-0.3, -0.25) is 9.59 Å². The van der Waals surface area contributed by atoms with Crippen molar-refractivity contribution in [2.24, 2.45) is 0 Å². The lowest BCUT2D eigenvalue weighted by Crippen LogP contribution is -2.24. The Morgan fingerprint density at radius 2 is 1.93 bits per heavy atom. The molecule has 1 aliphatic rings. The molecule has 27 heavy (non-hydrogen) atoms. The molecule has 0 fully saturated rings. The molecular weight excluding hydrogens is 348 g/mol. The zero-order valence-electron chi connectivity index (χ0n) is 15.0. The Morgan fingerprint density at radius 3 is 2.59 bits per heavy atom. The van der Waals surface area contributed by atoms with Gasteiger partial charge in [0, 0.05) is 30.6 Å². The SMILES string of the molecule is CCNC(=O)c1cc(C(=O)NC)c2c(c1)C(c1cccc(C(=O)O)c1)CO2. The molecule has 0 saturated heterocycles. The van der Waals surface area contributed by atoms with Crippen molar-refractivity contribution in [2.75, 3.05) is 20.2 Å². The van der Waals surface area contributed by atoms with Crippen LogP contribution in [0.25, 0.3) is 0 Å². The van der Waals surface area contributed by atoms with Gasteiger partial charge >= 0.3 is 5.97 Å². The van der Waals surface area contributed by atoms with E-state index in [4.69, 9.17) is 4.74 Å². The summed E-state index contributed by atoms with van der Waals surface area (Å²) in [5.74, 6) is -1.49. The molecule has 3 N–H and O–H groups in total. The van der Waals surface area contributed by atoms with Crippen molar-refractivity contribution in [1.29, 1.82) is 0 Å². The lowest BCUT2D eigenvalue weighted by Gasteiger charge is -2.13. The predicted octanol–water partition coefficient (Wildman–Crippen LogP) is 2.02. The quantitative estimate of drug-likeness (QED) is 0.749. The van der Waals surface area contributed by atoms with Gasteiger partial charge in [0.2, 0.25) is 0 Å². The molecule has 1 atom stereocenters. The minimum absolute atomic E-state index is 0.173. The Balaban J connectivity index is 2.12. The number of rotatable bonds is 5. The third-order valence-electron chi connectivity index (χ3n) is 4.49. The van der Waals surface area contributed by atoms with Crippen molar-refractivity contribution in [3.8, 4) is 5.75 Å². The van der Waals surface area contributed by atoms with Gasteiger partial charge in [-0.05, 0) is 36.8 Å². The monoisotopic (exact) mass is 368 g/mol. The molecule has 2 aromatic rings. The van der Waals surface area contributed by atoms with E-state index in [2.05, 4.69) is 10.6 Å². The van der Waals surface area contributed by atoms with E-state index in [1.807, 2.05) is 13.0 Å². The van der Waals surface area contributed by atoms with Crippen LogP contribution >= 0.6 is 0 Å². The number of ether oxygens (including phenoxy) is 1. The molecule has 1 unspecified atom stereocenters. The Kier molecular flexibility index (Phi) is 5.12. The standard InChI is InChI=1S/C20H20N2O5/c1-3-22-18(23)13-8-14-16(11-5-4-6-12(7-11)20(25)26)10-27-17(14)15(9-13)19(24)21-2/h4-9,16H,3,10H2,1-2H3,(H,21,24)(H,22,23)(H,25,26). The van der Waals surface area contributed by atoms with E-state index >= 15 is 0 Å². The number of carbonyl (C=O) groups excluding carboxylic acids is 2. The highest BCUT2D eigenvalue weighted by atomic mass is 16.5. The van der Waals surface area contributed by atoms with E-state index < -0.39 is 5.97 Å². The normalized spacial score (nSPS) is 14.8. The number of hydrogen-bond donors (Lipinski definition) is 3. The van der Waals surface area contributed by atoms with Crippen molar-refractivity contribution in [3.05, 3.63) is 64.2 Å². The molecule has 0 spiro atoms. The highest BCUT2D eigenvalue weighted by Crippen LogP contribution is 2.41. The molecule has 7 heteroatoms. The minimum atomic E-state index is -1.02. The van der Waals surface area contributed by atoms with Gasteiger partial charge in [-0.25, -0.2) is 4.79 Å². The second-order valence-electron chi connectivity index (χ2n) is 6.17. The van der Waals surface area contributed by atoms with Gasteiger partial charge in [-0.1, -0.05) is 12.1 Å². The molecule has 0 aliphatic carbocycles. The van der Waals surface area contributed by atoms with Crippen LogP contribution in [0.15, 0.2) is 36.4 Å². The van der Waals surface area contributed by atoms with Crippen LogP contribution < -0.4 is 15.4 Å². The number of carboxylic acid groups (broad SMARTS) is 1. The summed E-state index contributed by atoms with van der Waals surface area (Å²) in [5, 5.41) is 14.5. The smallest absolute Gasteiger partial charge is 0.335 e. The average Bonchev–Trinajstić information content (AvgIpc) is 3.10. The van der Waals surface area contributed by atoms with E-state index in [-0.39, 0.29) is 35.5 Å². The molecule has 0 radical (unpaired) electrons. The molecule has 1 heterocycles. The van der Waals surface area contributed by atoms with Crippen LogP contribution in [-0.2, 0) is 0 Å². The second kappa shape index (κ2) is 7.49. The molecule has 0 aromatic heterocycles. The van der Waals surface area contributed by atoms with Crippen molar-refractivity contribution < 1.29 is 24.2 Å². The summed E-state index contributed by atoms with van der Waals surface area (Å²) in [4.78, 5) is 35.9. The van der Waals surface area contributed by atoms with E-state index in [9.17, 15) is 19.5 Å². The van der Waals surface area contributed by atoms with Crippen molar-refractivity contribution in [2.45, 2.75) is 12.8 Å². The number of nitrogens with one attached hydrogen (secondary N) is 2. The number of fused-ring (bicyclic) bond motifs is 1. The maximum Gasteiger partial charge on any atom is 0.335 e. The van der Waals surface area contributed by atoms with Crippen LogP contribution in [0, 0.1) is 0 Å². The van der Waals surface area contributed by atoms with Gasteiger partial charge in [0.1, 0.15) is 5.75 Å². The van der Waals surface area contributed by atoms with E-state index in [1.165, 1.54) is 19.2 Å². The van der Waals surface area contributed by atoms with Gasteiger partial charge in [-0.2, -0.15) is 0 Å². The van der Waals surface area contributed by atoms with Crippen LogP contribution in [0.3, 0.4) is 0 Å². The van der Waals surface area contributed by atoms with Crippen molar-refractivity contribution in [3.63, 3.8) is 0 Å². The first kappa shape index (κ1) is 18.4. The average molecular weight is 368 g/mol. The van der Waals surface area contributed by atoms with E-state index in [1.54, 1.807) is 18.2 Å². The zero-order valence-corrected chi connectivity index (χ0v) is 15.0. The first-order valence-corrected chi connectivity index (χ1v) is 8.60. The van der Waals surface area contributed by atoms with Crippen LogP contribution in [-0.4, -0.2) is 43.1 Å². The second-order valence-corrected chi connectivity index (χ2v) is 6.17. The lowest BCUT2D eigenvalue weighted by atomic mass is 9.89. The third-order valence-corrected chi connectivity index (χ3v) is 4.49. The van der Waals surface area contributed by atoms with Crippen LogP contribution in [0.5, 0.6) is 5.75 Å². The van der Waals surface area contributed by atoms with Gasteiger partial charge in [-0.15, -0.1) is 0 Å². The predicted molar refractivity (Wildman–Crippen MR) is 98.6 cm³/mol. The van der Waals surface area contributed by atoms with Crippen molar-refractivity contribution in [1.82, 2.24) is 10.6 Å². The molecular formula is C20H20N2O5. The number of aromatic carboxylic acids is 1. The number of carboxylic acids is 1. The molecule has 1 aliphatic heterocycles. The largest absolute Gasteiger partial charge is 0.491 e. The van der Waals surface area contributed by atoms with E-state index in [0.717, 1.165) is 5.56 Å². The lowest BCUT2D eigenvalue weighted by molar-refractivity contribution is 0.0696. The molecule has 0 saturated carbocycles. The van der Waals surface area contributed by atoms with Crippen LogP contribution in [0.4, 0.5) is 0 Å². The summed E-state index contributed by atoms with van der Waals surface area (Å²) in [6, 6.07) is 9.81. The number of amides is 2. The molecule has 2 aromatic carbocycles. The number of benzene rings is 2. The molecule has 0 bridgehead atoms. The highest BCUT2D eigenvalue weighted by molar-refractivity contribution is 6.02. The van der Waals surface area contributed by atoms with E-state index in [0.29, 0.717) is 23.4 Å². The highest BCUT2D eigenvalue weighted by Gasteiger charge is 2.31. The summed E-state index contributed by atoms with van der Waals surface area (Å²) in [7, 11) is 1.51. The third kappa shape index (κ3) is 3.48. The summed E-state index contributed by atoms with van der Waals surface area (Å²) >= 11 is 0. The minimum Gasteiger partial charge on any atom is -0.491 e. The van der Waals surface area contributed by atoms with Crippen LogP contribution in [0.1, 0.15) is 55.0 Å². The number of carbonyl (C=O) groups is 3. The fraction of sp³-hybridized carbons (Fsp3) is 0.250. The van der Waals surface area contributed by atoms with Crippen LogP contribution in [0.2, 0.25) is 0 Å². The summed E-state index contributed by atoms with van der Waals surface area (Å²) in [6.45, 7) is 2.54. The fourth-order valence-electron chi connectivity index (χ4n) is 3.19. The van der Waals surface area contributed by atoms with Gasteiger partial charge in [0.05, 0.1) is 17.7 Å². The molecule has 2 amide bonds. The Bertz CT molecular complexity index is 923. The molecule has 7 nitrogen and oxygen atoms in total.